The molecule has 1 aliphatic rings. The summed E-state index contributed by atoms with van der Waals surface area (Å²) in [6.07, 6.45) is 0.817. The van der Waals surface area contributed by atoms with E-state index in [0.717, 1.165) is 22.8 Å². The quantitative estimate of drug-likeness (QED) is 0.477. The van der Waals surface area contributed by atoms with Crippen molar-refractivity contribution < 1.29 is 9.53 Å². The first-order valence-corrected chi connectivity index (χ1v) is 7.97. The molecule has 0 fully saturated rings. The van der Waals surface area contributed by atoms with E-state index in [9.17, 15) is 9.59 Å². The number of nitrogens with zero attached hydrogens (tertiary/aromatic N) is 2. The smallest absolute Gasteiger partial charge is 0.319 e. The number of carbonyl (C=O) groups excluding carboxylic acids is 1. The molecule has 0 N–H and O–H groups in total. The highest BCUT2D eigenvalue weighted by atomic mass is 32.2. The zero-order valence-electron chi connectivity index (χ0n) is 11.1. The van der Waals surface area contributed by atoms with Crippen molar-refractivity contribution in [3.63, 3.8) is 0 Å². The molecular formula is C12H16N2O3S2. The summed E-state index contributed by atoms with van der Waals surface area (Å²) >= 11 is 2.82. The molecule has 0 unspecified atom stereocenters. The van der Waals surface area contributed by atoms with Gasteiger partial charge in [-0.15, -0.1) is 11.8 Å². The number of carbonyl (C=O) groups is 1. The summed E-state index contributed by atoms with van der Waals surface area (Å²) in [5.74, 6) is 0.621. The maximum Gasteiger partial charge on any atom is 0.319 e. The molecule has 1 atom stereocenters. The molecule has 0 saturated heterocycles. The SMILES string of the molecule is CCOC(=O)[C@@H](C)Sc1nc2c(c(=O)n1C)SCC2. The summed E-state index contributed by atoms with van der Waals surface area (Å²) in [5, 5.41) is 0.206. The largest absolute Gasteiger partial charge is 0.465 e. The third kappa shape index (κ3) is 2.97. The molecule has 104 valence electrons. The number of fused-ring (bicyclic) bond motifs is 1. The van der Waals surface area contributed by atoms with Crippen LogP contribution in [-0.2, 0) is 23.0 Å². The highest BCUT2D eigenvalue weighted by molar-refractivity contribution is 8.00. The molecule has 0 bridgehead atoms. The number of esters is 1. The molecule has 2 rings (SSSR count). The van der Waals surface area contributed by atoms with Gasteiger partial charge in [-0.05, 0) is 13.8 Å². The van der Waals surface area contributed by atoms with E-state index in [0.29, 0.717) is 11.8 Å². The zero-order chi connectivity index (χ0) is 14.0. The Morgan fingerprint density at radius 2 is 2.37 bits per heavy atom. The van der Waals surface area contributed by atoms with Crippen LogP contribution >= 0.6 is 23.5 Å². The van der Waals surface area contributed by atoms with Crippen molar-refractivity contribution in [1.29, 1.82) is 0 Å². The summed E-state index contributed by atoms with van der Waals surface area (Å²) < 4.78 is 6.47. The lowest BCUT2D eigenvalue weighted by atomic mass is 10.3. The van der Waals surface area contributed by atoms with Gasteiger partial charge >= 0.3 is 5.97 Å². The summed E-state index contributed by atoms with van der Waals surface area (Å²) in [6, 6.07) is 0. The van der Waals surface area contributed by atoms with Crippen LogP contribution in [0.3, 0.4) is 0 Å². The van der Waals surface area contributed by atoms with E-state index in [1.807, 2.05) is 0 Å². The number of hydrogen-bond acceptors (Lipinski definition) is 6. The van der Waals surface area contributed by atoms with Crippen molar-refractivity contribution in [2.75, 3.05) is 12.4 Å². The maximum atomic E-state index is 12.1. The fraction of sp³-hybridized carbons (Fsp3) is 0.583. The minimum absolute atomic E-state index is 0.0222. The van der Waals surface area contributed by atoms with E-state index >= 15 is 0 Å². The van der Waals surface area contributed by atoms with Gasteiger partial charge in [-0.25, -0.2) is 4.98 Å². The predicted octanol–water partition coefficient (Wildman–Crippen LogP) is 1.47. The van der Waals surface area contributed by atoms with Gasteiger partial charge < -0.3 is 4.74 Å². The Balaban J connectivity index is 2.24. The molecule has 1 aliphatic heterocycles. The first-order chi connectivity index (χ1) is 9.04. The maximum absolute atomic E-state index is 12.1. The van der Waals surface area contributed by atoms with Gasteiger partial charge in [0, 0.05) is 19.2 Å². The molecule has 5 nitrogen and oxygen atoms in total. The predicted molar refractivity (Wildman–Crippen MR) is 75.9 cm³/mol. The van der Waals surface area contributed by atoms with Gasteiger partial charge in [0.25, 0.3) is 5.56 Å². The lowest BCUT2D eigenvalue weighted by Gasteiger charge is -2.13. The fourth-order valence-electron chi connectivity index (χ4n) is 1.74. The van der Waals surface area contributed by atoms with E-state index in [1.165, 1.54) is 16.3 Å². The lowest BCUT2D eigenvalue weighted by molar-refractivity contribution is -0.142. The number of aryl methyl sites for hydroxylation is 1. The molecule has 1 aromatic heterocycles. The van der Waals surface area contributed by atoms with Crippen LogP contribution in [0.25, 0.3) is 0 Å². The van der Waals surface area contributed by atoms with E-state index < -0.39 is 0 Å². The van der Waals surface area contributed by atoms with Gasteiger partial charge in [0.2, 0.25) is 0 Å². The Hall–Kier alpha value is -0.950. The summed E-state index contributed by atoms with van der Waals surface area (Å²) in [7, 11) is 1.69. The van der Waals surface area contributed by atoms with Crippen LogP contribution in [-0.4, -0.2) is 33.1 Å². The van der Waals surface area contributed by atoms with Crippen molar-refractivity contribution in [1.82, 2.24) is 9.55 Å². The first-order valence-electron chi connectivity index (χ1n) is 6.10. The first kappa shape index (κ1) is 14.5. The number of thioether (sulfide) groups is 2. The van der Waals surface area contributed by atoms with Crippen LogP contribution in [0.5, 0.6) is 0 Å². The van der Waals surface area contributed by atoms with E-state index in [4.69, 9.17) is 4.74 Å². The van der Waals surface area contributed by atoms with Crippen molar-refractivity contribution in [2.24, 2.45) is 7.05 Å². The monoisotopic (exact) mass is 300 g/mol. The van der Waals surface area contributed by atoms with Gasteiger partial charge in [0.1, 0.15) is 5.25 Å². The molecule has 2 heterocycles. The van der Waals surface area contributed by atoms with Gasteiger partial charge in [-0.1, -0.05) is 11.8 Å². The minimum Gasteiger partial charge on any atom is -0.465 e. The van der Waals surface area contributed by atoms with E-state index in [-0.39, 0.29) is 16.8 Å². The van der Waals surface area contributed by atoms with Crippen LogP contribution in [0.2, 0.25) is 0 Å². The average molecular weight is 300 g/mol. The third-order valence-electron chi connectivity index (χ3n) is 2.76. The highest BCUT2D eigenvalue weighted by Crippen LogP contribution is 2.29. The molecule has 0 amide bonds. The summed E-state index contributed by atoms with van der Waals surface area (Å²) in [6.45, 7) is 3.89. The Labute approximate surface area is 120 Å². The second-order valence-corrected chi connectivity index (χ2v) is 6.56. The molecule has 0 spiro atoms. The lowest BCUT2D eigenvalue weighted by Crippen LogP contribution is -2.24. The van der Waals surface area contributed by atoms with Gasteiger partial charge in [0.05, 0.1) is 17.2 Å². The van der Waals surface area contributed by atoms with Crippen molar-refractivity contribution in [2.45, 2.75) is 35.6 Å². The molecule has 19 heavy (non-hydrogen) atoms. The van der Waals surface area contributed by atoms with Crippen LogP contribution in [0, 0.1) is 0 Å². The summed E-state index contributed by atoms with van der Waals surface area (Å²) in [5.41, 5.74) is 0.831. The standard InChI is InChI=1S/C12H16N2O3S2/c1-4-17-11(16)7(2)19-12-13-8-5-6-18-9(8)10(15)14(12)3/h7H,4-6H2,1-3H3/t7-/m1/s1. The zero-order valence-corrected chi connectivity index (χ0v) is 12.8. The molecule has 1 aromatic rings. The van der Waals surface area contributed by atoms with Crippen LogP contribution < -0.4 is 5.56 Å². The fourth-order valence-corrected chi connectivity index (χ4v) is 3.70. The molecule has 7 heteroatoms. The number of rotatable bonds is 4. The minimum atomic E-state index is -0.370. The Kier molecular flexibility index (Phi) is 4.57. The van der Waals surface area contributed by atoms with Gasteiger partial charge in [-0.3, -0.25) is 14.2 Å². The molecule has 0 radical (unpaired) electrons. The molecule has 0 saturated carbocycles. The Bertz CT molecular complexity index is 557. The average Bonchev–Trinajstić information content (AvgIpc) is 2.84. The van der Waals surface area contributed by atoms with Crippen molar-refractivity contribution >= 4 is 29.5 Å². The summed E-state index contributed by atoms with van der Waals surface area (Å²) in [4.78, 5) is 29.0. The third-order valence-corrected chi connectivity index (χ3v) is 4.99. The molecular weight excluding hydrogens is 284 g/mol. The van der Waals surface area contributed by atoms with Crippen molar-refractivity contribution in [3.8, 4) is 0 Å². The van der Waals surface area contributed by atoms with Crippen LogP contribution in [0.1, 0.15) is 19.5 Å². The van der Waals surface area contributed by atoms with E-state index in [1.54, 1.807) is 32.7 Å². The number of ether oxygens (including phenoxy) is 1. The molecule has 0 aromatic carbocycles. The van der Waals surface area contributed by atoms with Gasteiger partial charge in [-0.2, -0.15) is 0 Å². The number of aromatic nitrogens is 2. The number of hydrogen-bond donors (Lipinski definition) is 0. The second-order valence-electron chi connectivity index (χ2n) is 4.14. The van der Waals surface area contributed by atoms with Crippen LogP contribution in [0.15, 0.2) is 14.8 Å². The highest BCUT2D eigenvalue weighted by Gasteiger charge is 2.23. The second kappa shape index (κ2) is 6.00. The van der Waals surface area contributed by atoms with Crippen molar-refractivity contribution in [3.05, 3.63) is 16.0 Å². The Morgan fingerprint density at radius 1 is 1.63 bits per heavy atom. The van der Waals surface area contributed by atoms with Gasteiger partial charge in [0.15, 0.2) is 5.16 Å². The normalized spacial score (nSPS) is 15.1. The topological polar surface area (TPSA) is 61.2 Å². The Morgan fingerprint density at radius 3 is 3.05 bits per heavy atom. The molecule has 0 aliphatic carbocycles. The van der Waals surface area contributed by atoms with E-state index in [2.05, 4.69) is 4.98 Å². The van der Waals surface area contributed by atoms with Crippen LogP contribution in [0.4, 0.5) is 0 Å².